The largest absolute Gasteiger partial charge is 0.467 e. The molecule has 6 nitrogen and oxygen atoms in total. The molecule has 144 valence electrons. The second-order valence-corrected chi connectivity index (χ2v) is 6.77. The monoisotopic (exact) mass is 370 g/mol. The maximum atomic E-state index is 12.6. The maximum absolute atomic E-state index is 12.6. The number of carbonyl (C=O) groups excluding carboxylic acids is 2. The number of rotatable bonds is 6. The van der Waals surface area contributed by atoms with Gasteiger partial charge in [0.2, 0.25) is 0 Å². The summed E-state index contributed by atoms with van der Waals surface area (Å²) in [5.41, 5.74) is 1.05. The van der Waals surface area contributed by atoms with Crippen molar-refractivity contribution in [2.45, 2.75) is 45.3 Å². The fourth-order valence-electron chi connectivity index (χ4n) is 3.23. The molecule has 3 rings (SSSR count). The van der Waals surface area contributed by atoms with Crippen LogP contribution in [0.4, 0.5) is 5.69 Å². The summed E-state index contributed by atoms with van der Waals surface area (Å²) in [5.74, 6) is 0.141. The number of amides is 1. The summed E-state index contributed by atoms with van der Waals surface area (Å²) in [5, 5.41) is 3.18. The van der Waals surface area contributed by atoms with Crippen molar-refractivity contribution in [1.82, 2.24) is 4.90 Å². The van der Waals surface area contributed by atoms with E-state index in [1.807, 2.05) is 23.1 Å². The van der Waals surface area contributed by atoms with Gasteiger partial charge in [-0.2, -0.15) is 0 Å². The molecule has 1 aliphatic rings. The molecule has 1 aromatic heterocycles. The van der Waals surface area contributed by atoms with Crippen LogP contribution in [0, 0.1) is 0 Å². The van der Waals surface area contributed by atoms with Gasteiger partial charge in [-0.1, -0.05) is 25.0 Å². The summed E-state index contributed by atoms with van der Waals surface area (Å²) in [6.45, 7) is 3.58. The van der Waals surface area contributed by atoms with Gasteiger partial charge in [-0.25, -0.2) is 4.79 Å². The van der Waals surface area contributed by atoms with Gasteiger partial charge >= 0.3 is 5.97 Å². The zero-order chi connectivity index (χ0) is 19.1. The molecule has 2 aromatic rings. The normalized spacial score (nSPS) is 15.7. The van der Waals surface area contributed by atoms with Crippen LogP contribution in [-0.4, -0.2) is 36.0 Å². The highest BCUT2D eigenvalue weighted by Crippen LogP contribution is 2.19. The fourth-order valence-corrected chi connectivity index (χ4v) is 3.23. The Kier molecular flexibility index (Phi) is 6.52. The zero-order valence-corrected chi connectivity index (χ0v) is 15.6. The minimum absolute atomic E-state index is 0.119. The second-order valence-electron chi connectivity index (χ2n) is 6.77. The summed E-state index contributed by atoms with van der Waals surface area (Å²) in [4.78, 5) is 27.1. The number of ether oxygens (including phenoxy) is 1. The number of nitrogens with zero attached hydrogens (tertiary/aromatic N) is 1. The average Bonchev–Trinajstić information content (AvgIpc) is 3.06. The van der Waals surface area contributed by atoms with Gasteiger partial charge in [0, 0.05) is 18.8 Å². The van der Waals surface area contributed by atoms with Gasteiger partial charge in [0.25, 0.3) is 5.91 Å². The Bertz CT molecular complexity index is 749. The quantitative estimate of drug-likeness (QED) is 0.782. The molecule has 1 fully saturated rings. The molecule has 1 saturated heterocycles. The topological polar surface area (TPSA) is 71.8 Å². The number of hydrogen-bond donors (Lipinski definition) is 1. The summed E-state index contributed by atoms with van der Waals surface area (Å²) >= 11 is 0. The molecule has 1 aliphatic heterocycles. The number of carbonyl (C=O) groups is 2. The molecule has 0 bridgehead atoms. The van der Waals surface area contributed by atoms with Crippen LogP contribution in [0.15, 0.2) is 47.1 Å². The first-order valence-electron chi connectivity index (χ1n) is 9.50. The van der Waals surface area contributed by atoms with E-state index in [1.165, 1.54) is 0 Å². The predicted molar refractivity (Wildman–Crippen MR) is 102 cm³/mol. The highest BCUT2D eigenvalue weighted by atomic mass is 16.5. The molecule has 1 aromatic carbocycles. The number of furan rings is 1. The van der Waals surface area contributed by atoms with Gasteiger partial charge in [0.05, 0.1) is 18.4 Å². The van der Waals surface area contributed by atoms with E-state index in [-0.39, 0.29) is 5.91 Å². The van der Waals surface area contributed by atoms with Crippen molar-refractivity contribution in [3.63, 3.8) is 0 Å². The third-order valence-electron chi connectivity index (χ3n) is 4.73. The molecule has 6 heteroatoms. The van der Waals surface area contributed by atoms with Crippen LogP contribution in [0.3, 0.4) is 0 Å². The standard InChI is InChI=1S/C21H26N2O4/c1-16(20(24)23-12-6-2-3-7-13-23)27-21(25)18-10-4-5-11-19(18)22-15-17-9-8-14-26-17/h4-5,8-11,14,16,22H,2-3,6-7,12-13,15H2,1H3. The molecule has 1 amide bonds. The van der Waals surface area contributed by atoms with Gasteiger partial charge in [-0.05, 0) is 44.0 Å². The lowest BCUT2D eigenvalue weighted by Gasteiger charge is -2.24. The third kappa shape index (κ3) is 5.12. The minimum Gasteiger partial charge on any atom is -0.467 e. The van der Waals surface area contributed by atoms with E-state index in [0.29, 0.717) is 17.8 Å². The van der Waals surface area contributed by atoms with E-state index in [1.54, 1.807) is 31.4 Å². The maximum Gasteiger partial charge on any atom is 0.341 e. The van der Waals surface area contributed by atoms with Gasteiger partial charge in [0.15, 0.2) is 6.10 Å². The van der Waals surface area contributed by atoms with E-state index in [4.69, 9.17) is 9.15 Å². The smallest absolute Gasteiger partial charge is 0.341 e. The zero-order valence-electron chi connectivity index (χ0n) is 15.6. The van der Waals surface area contributed by atoms with E-state index >= 15 is 0 Å². The molecule has 0 radical (unpaired) electrons. The lowest BCUT2D eigenvalue weighted by atomic mass is 10.1. The van der Waals surface area contributed by atoms with Crippen molar-refractivity contribution in [2.75, 3.05) is 18.4 Å². The Labute approximate surface area is 159 Å². The third-order valence-corrected chi connectivity index (χ3v) is 4.73. The number of anilines is 1. The number of likely N-dealkylation sites (tertiary alicyclic amines) is 1. The summed E-state index contributed by atoms with van der Waals surface area (Å²) in [6.07, 6.45) is 5.11. The minimum atomic E-state index is -0.797. The van der Waals surface area contributed by atoms with E-state index in [2.05, 4.69) is 5.32 Å². The average molecular weight is 370 g/mol. The van der Waals surface area contributed by atoms with Crippen molar-refractivity contribution >= 4 is 17.6 Å². The molecule has 1 atom stereocenters. The molecule has 1 N–H and O–H groups in total. The van der Waals surface area contributed by atoms with Gasteiger partial charge in [-0.15, -0.1) is 0 Å². The highest BCUT2D eigenvalue weighted by Gasteiger charge is 2.25. The first-order chi connectivity index (χ1) is 13.1. The second kappa shape index (κ2) is 9.26. The molecule has 27 heavy (non-hydrogen) atoms. The SMILES string of the molecule is CC(OC(=O)c1ccccc1NCc1ccco1)C(=O)N1CCCCCC1. The van der Waals surface area contributed by atoms with Gasteiger partial charge < -0.3 is 19.4 Å². The fraction of sp³-hybridized carbons (Fsp3) is 0.429. The van der Waals surface area contributed by atoms with Crippen molar-refractivity contribution in [3.8, 4) is 0 Å². The number of hydrogen-bond acceptors (Lipinski definition) is 5. The molecular formula is C21H26N2O4. The molecular weight excluding hydrogens is 344 g/mol. The van der Waals surface area contributed by atoms with Crippen molar-refractivity contribution < 1.29 is 18.7 Å². The Hall–Kier alpha value is -2.76. The Morgan fingerprint density at radius 3 is 2.56 bits per heavy atom. The van der Waals surface area contributed by atoms with Crippen LogP contribution >= 0.6 is 0 Å². The van der Waals surface area contributed by atoms with Crippen LogP contribution < -0.4 is 5.32 Å². The van der Waals surface area contributed by atoms with E-state index < -0.39 is 12.1 Å². The van der Waals surface area contributed by atoms with Crippen molar-refractivity contribution in [2.24, 2.45) is 0 Å². The highest BCUT2D eigenvalue weighted by molar-refractivity contribution is 5.97. The molecule has 0 aliphatic carbocycles. The predicted octanol–water partition coefficient (Wildman–Crippen LogP) is 3.84. The summed E-state index contributed by atoms with van der Waals surface area (Å²) < 4.78 is 10.8. The molecule has 0 saturated carbocycles. The van der Waals surface area contributed by atoms with Crippen molar-refractivity contribution in [1.29, 1.82) is 0 Å². The number of benzene rings is 1. The van der Waals surface area contributed by atoms with Gasteiger partial charge in [0.1, 0.15) is 5.76 Å². The number of esters is 1. The van der Waals surface area contributed by atoms with Crippen LogP contribution in [0.5, 0.6) is 0 Å². The first-order valence-corrected chi connectivity index (χ1v) is 9.50. The lowest BCUT2D eigenvalue weighted by Crippen LogP contribution is -2.40. The molecule has 1 unspecified atom stereocenters. The van der Waals surface area contributed by atoms with Crippen LogP contribution in [0.1, 0.15) is 48.7 Å². The summed E-state index contributed by atoms with van der Waals surface area (Å²) in [6, 6.07) is 10.8. The Morgan fingerprint density at radius 1 is 1.11 bits per heavy atom. The van der Waals surface area contributed by atoms with Crippen LogP contribution in [0.25, 0.3) is 0 Å². The molecule has 0 spiro atoms. The van der Waals surface area contributed by atoms with E-state index in [0.717, 1.165) is 44.5 Å². The summed E-state index contributed by atoms with van der Waals surface area (Å²) in [7, 11) is 0. The molecule has 2 heterocycles. The first kappa shape index (κ1) is 19.0. The lowest BCUT2D eigenvalue weighted by molar-refractivity contribution is -0.139. The van der Waals surface area contributed by atoms with Gasteiger partial charge in [-0.3, -0.25) is 4.79 Å². The Balaban J connectivity index is 1.62. The van der Waals surface area contributed by atoms with Crippen LogP contribution in [0.2, 0.25) is 0 Å². The Morgan fingerprint density at radius 2 is 1.85 bits per heavy atom. The van der Waals surface area contributed by atoms with Crippen LogP contribution in [-0.2, 0) is 16.1 Å². The van der Waals surface area contributed by atoms with Crippen molar-refractivity contribution in [3.05, 3.63) is 54.0 Å². The number of para-hydroxylation sites is 1. The number of nitrogens with one attached hydrogen (secondary N) is 1. The van der Waals surface area contributed by atoms with E-state index in [9.17, 15) is 9.59 Å².